The fourth-order valence-electron chi connectivity index (χ4n) is 1.36. The van der Waals surface area contributed by atoms with E-state index in [2.05, 4.69) is 11.5 Å². The predicted molar refractivity (Wildman–Crippen MR) is 61.2 cm³/mol. The van der Waals surface area contributed by atoms with Gasteiger partial charge in [0, 0.05) is 30.9 Å². The summed E-state index contributed by atoms with van der Waals surface area (Å²) in [7, 11) is 0. The van der Waals surface area contributed by atoms with Gasteiger partial charge in [-0.1, -0.05) is 6.08 Å². The summed E-state index contributed by atoms with van der Waals surface area (Å²) in [6.45, 7) is 7.30. The Balaban J connectivity index is 2.86. The number of benzene rings is 1. The number of non-ortho nitro benzene ring substituents is 1. The van der Waals surface area contributed by atoms with Gasteiger partial charge in [-0.25, -0.2) is 0 Å². The van der Waals surface area contributed by atoms with Crippen LogP contribution in [0.2, 0.25) is 0 Å². The van der Waals surface area contributed by atoms with E-state index in [0.29, 0.717) is 0 Å². The van der Waals surface area contributed by atoms with Crippen molar-refractivity contribution < 1.29 is 4.92 Å². The third-order valence-corrected chi connectivity index (χ3v) is 2.16. The standard InChI is InChI=1S/C11H14N2O2/c1-3-9-12(4-2)10-5-7-11(8-6-10)13(14)15/h3,5-8H,1,4,9H2,2H3. The lowest BCUT2D eigenvalue weighted by Gasteiger charge is -2.20. The Morgan fingerprint density at radius 2 is 2.07 bits per heavy atom. The highest BCUT2D eigenvalue weighted by atomic mass is 16.6. The third kappa shape index (κ3) is 2.80. The van der Waals surface area contributed by atoms with Crippen LogP contribution in [-0.4, -0.2) is 18.0 Å². The monoisotopic (exact) mass is 206 g/mol. The number of nitro benzene ring substituents is 1. The Morgan fingerprint density at radius 1 is 1.47 bits per heavy atom. The molecule has 0 heterocycles. The number of nitro groups is 1. The maximum atomic E-state index is 10.5. The van der Waals surface area contributed by atoms with E-state index in [4.69, 9.17) is 0 Å². The highest BCUT2D eigenvalue weighted by Crippen LogP contribution is 2.18. The van der Waals surface area contributed by atoms with Crippen molar-refractivity contribution in [2.24, 2.45) is 0 Å². The molecule has 1 aromatic rings. The van der Waals surface area contributed by atoms with Gasteiger partial charge >= 0.3 is 0 Å². The smallest absolute Gasteiger partial charge is 0.269 e. The van der Waals surface area contributed by atoms with Gasteiger partial charge in [0.2, 0.25) is 0 Å². The molecule has 0 unspecified atom stereocenters. The summed E-state index contributed by atoms with van der Waals surface area (Å²) in [5.74, 6) is 0. The quantitative estimate of drug-likeness (QED) is 0.422. The summed E-state index contributed by atoms with van der Waals surface area (Å²) in [4.78, 5) is 12.1. The van der Waals surface area contributed by atoms with Crippen LogP contribution in [0.1, 0.15) is 6.92 Å². The van der Waals surface area contributed by atoms with Crippen LogP contribution in [0.5, 0.6) is 0 Å². The molecule has 0 atom stereocenters. The molecule has 4 heteroatoms. The molecule has 0 spiro atoms. The molecule has 0 N–H and O–H groups in total. The minimum absolute atomic E-state index is 0.119. The Hall–Kier alpha value is -1.84. The van der Waals surface area contributed by atoms with E-state index >= 15 is 0 Å². The van der Waals surface area contributed by atoms with E-state index in [-0.39, 0.29) is 5.69 Å². The molecule has 1 aromatic carbocycles. The van der Waals surface area contributed by atoms with E-state index in [1.54, 1.807) is 12.1 Å². The predicted octanol–water partition coefficient (Wildman–Crippen LogP) is 2.61. The zero-order valence-electron chi connectivity index (χ0n) is 8.72. The van der Waals surface area contributed by atoms with Crippen LogP contribution in [0.15, 0.2) is 36.9 Å². The topological polar surface area (TPSA) is 46.4 Å². The first-order valence-corrected chi connectivity index (χ1v) is 4.79. The lowest BCUT2D eigenvalue weighted by Crippen LogP contribution is -2.22. The first kappa shape index (κ1) is 11.2. The second kappa shape index (κ2) is 5.14. The summed E-state index contributed by atoms with van der Waals surface area (Å²) >= 11 is 0. The Labute approximate surface area is 89.0 Å². The summed E-state index contributed by atoms with van der Waals surface area (Å²) in [5.41, 5.74) is 1.09. The van der Waals surface area contributed by atoms with Crippen LogP contribution in [0.25, 0.3) is 0 Å². The van der Waals surface area contributed by atoms with Crippen LogP contribution in [-0.2, 0) is 0 Å². The van der Waals surface area contributed by atoms with Crippen molar-refractivity contribution in [1.82, 2.24) is 0 Å². The van der Waals surface area contributed by atoms with Crippen molar-refractivity contribution in [3.63, 3.8) is 0 Å². The zero-order chi connectivity index (χ0) is 11.3. The molecule has 0 saturated carbocycles. The van der Waals surface area contributed by atoms with Crippen molar-refractivity contribution in [2.75, 3.05) is 18.0 Å². The largest absolute Gasteiger partial charge is 0.368 e. The molecule has 0 aliphatic carbocycles. The van der Waals surface area contributed by atoms with Crippen molar-refractivity contribution >= 4 is 11.4 Å². The van der Waals surface area contributed by atoms with Gasteiger partial charge in [-0.05, 0) is 19.1 Å². The van der Waals surface area contributed by atoms with Gasteiger partial charge in [0.05, 0.1) is 4.92 Å². The fraction of sp³-hybridized carbons (Fsp3) is 0.273. The maximum Gasteiger partial charge on any atom is 0.269 e. The van der Waals surface area contributed by atoms with E-state index in [1.807, 2.05) is 13.0 Å². The Morgan fingerprint density at radius 3 is 2.47 bits per heavy atom. The summed E-state index contributed by atoms with van der Waals surface area (Å²) in [6.07, 6.45) is 1.81. The molecular weight excluding hydrogens is 192 g/mol. The van der Waals surface area contributed by atoms with Crippen LogP contribution in [0.3, 0.4) is 0 Å². The number of anilines is 1. The maximum absolute atomic E-state index is 10.5. The van der Waals surface area contributed by atoms with Crippen LogP contribution in [0, 0.1) is 10.1 Å². The second-order valence-corrected chi connectivity index (χ2v) is 3.10. The molecule has 0 radical (unpaired) electrons. The van der Waals surface area contributed by atoms with Gasteiger partial charge in [0.15, 0.2) is 0 Å². The molecule has 0 bridgehead atoms. The first-order chi connectivity index (χ1) is 7.19. The van der Waals surface area contributed by atoms with E-state index in [0.717, 1.165) is 18.8 Å². The summed E-state index contributed by atoms with van der Waals surface area (Å²) < 4.78 is 0. The van der Waals surface area contributed by atoms with Crippen molar-refractivity contribution in [2.45, 2.75) is 6.92 Å². The minimum atomic E-state index is -0.395. The fourth-order valence-corrected chi connectivity index (χ4v) is 1.36. The minimum Gasteiger partial charge on any atom is -0.368 e. The molecule has 15 heavy (non-hydrogen) atoms. The first-order valence-electron chi connectivity index (χ1n) is 4.79. The summed E-state index contributed by atoms with van der Waals surface area (Å²) in [6, 6.07) is 6.54. The molecule has 0 aliphatic rings. The molecule has 80 valence electrons. The lowest BCUT2D eigenvalue weighted by atomic mass is 10.2. The third-order valence-electron chi connectivity index (χ3n) is 2.16. The lowest BCUT2D eigenvalue weighted by molar-refractivity contribution is -0.384. The highest BCUT2D eigenvalue weighted by Gasteiger charge is 2.06. The van der Waals surface area contributed by atoms with Crippen molar-refractivity contribution in [3.8, 4) is 0 Å². The van der Waals surface area contributed by atoms with Crippen molar-refractivity contribution in [3.05, 3.63) is 47.0 Å². The van der Waals surface area contributed by atoms with Crippen LogP contribution < -0.4 is 4.90 Å². The molecule has 0 amide bonds. The Bertz CT molecular complexity index is 346. The molecule has 4 nitrogen and oxygen atoms in total. The number of likely N-dealkylation sites (N-methyl/N-ethyl adjacent to an activating group) is 1. The van der Waals surface area contributed by atoms with Crippen LogP contribution in [0.4, 0.5) is 11.4 Å². The molecular formula is C11H14N2O2. The zero-order valence-corrected chi connectivity index (χ0v) is 8.72. The molecule has 0 saturated heterocycles. The average molecular weight is 206 g/mol. The highest BCUT2D eigenvalue weighted by molar-refractivity contribution is 5.51. The van der Waals surface area contributed by atoms with E-state index < -0.39 is 4.92 Å². The van der Waals surface area contributed by atoms with Gasteiger partial charge < -0.3 is 4.90 Å². The Kier molecular flexibility index (Phi) is 3.85. The molecule has 0 aliphatic heterocycles. The van der Waals surface area contributed by atoms with Gasteiger partial charge in [0.1, 0.15) is 0 Å². The van der Waals surface area contributed by atoms with Gasteiger partial charge in [-0.15, -0.1) is 6.58 Å². The number of hydrogen-bond donors (Lipinski definition) is 0. The normalized spacial score (nSPS) is 9.67. The van der Waals surface area contributed by atoms with E-state index in [1.165, 1.54) is 12.1 Å². The average Bonchev–Trinajstić information content (AvgIpc) is 2.26. The molecule has 0 fully saturated rings. The number of nitrogens with zero attached hydrogens (tertiary/aromatic N) is 2. The van der Waals surface area contributed by atoms with Crippen LogP contribution >= 0.6 is 0 Å². The number of hydrogen-bond acceptors (Lipinski definition) is 3. The van der Waals surface area contributed by atoms with Gasteiger partial charge in [0.25, 0.3) is 5.69 Å². The van der Waals surface area contributed by atoms with Gasteiger partial charge in [-0.2, -0.15) is 0 Å². The summed E-state index contributed by atoms with van der Waals surface area (Å²) in [5, 5.41) is 10.5. The molecule has 1 rings (SSSR count). The number of rotatable bonds is 5. The van der Waals surface area contributed by atoms with Crippen molar-refractivity contribution in [1.29, 1.82) is 0 Å². The molecule has 0 aromatic heterocycles. The van der Waals surface area contributed by atoms with Gasteiger partial charge in [-0.3, -0.25) is 10.1 Å². The SMILES string of the molecule is C=CCN(CC)c1ccc([N+](=O)[O-])cc1. The second-order valence-electron chi connectivity index (χ2n) is 3.10. The van der Waals surface area contributed by atoms with E-state index in [9.17, 15) is 10.1 Å².